The van der Waals surface area contributed by atoms with E-state index in [0.29, 0.717) is 0 Å². The lowest BCUT2D eigenvalue weighted by atomic mass is 10.1. The molecule has 1 aliphatic rings. The summed E-state index contributed by atoms with van der Waals surface area (Å²) < 4.78 is 0. The smallest absolute Gasteiger partial charge is 0.191 e. The predicted molar refractivity (Wildman–Crippen MR) is 73.5 cm³/mol. The summed E-state index contributed by atoms with van der Waals surface area (Å²) in [7, 11) is 0. The fourth-order valence-corrected chi connectivity index (χ4v) is 2.14. The summed E-state index contributed by atoms with van der Waals surface area (Å²) >= 11 is 0. The molecule has 0 bridgehead atoms. The molecular formula is C14H16N4. The maximum atomic E-state index is 4.40. The Morgan fingerprint density at radius 2 is 2.17 bits per heavy atom. The van der Waals surface area contributed by atoms with Crippen LogP contribution in [0.3, 0.4) is 0 Å². The van der Waals surface area contributed by atoms with Gasteiger partial charge >= 0.3 is 0 Å². The second-order valence-electron chi connectivity index (χ2n) is 4.35. The Balaban J connectivity index is 1.80. The van der Waals surface area contributed by atoms with Gasteiger partial charge < -0.3 is 10.6 Å². The van der Waals surface area contributed by atoms with Crippen LogP contribution in [0.25, 0.3) is 10.9 Å². The molecule has 0 unspecified atom stereocenters. The number of nitrogens with zero attached hydrogens (tertiary/aromatic N) is 2. The zero-order valence-electron chi connectivity index (χ0n) is 10.2. The van der Waals surface area contributed by atoms with E-state index in [2.05, 4.69) is 32.7 Å². The largest absolute Gasteiger partial charge is 0.356 e. The Hall–Kier alpha value is -2.10. The Morgan fingerprint density at radius 1 is 1.22 bits per heavy atom. The van der Waals surface area contributed by atoms with E-state index in [9.17, 15) is 0 Å². The van der Waals surface area contributed by atoms with Crippen molar-refractivity contribution < 1.29 is 0 Å². The van der Waals surface area contributed by atoms with Crippen molar-refractivity contribution in [2.75, 3.05) is 13.1 Å². The average molecular weight is 240 g/mol. The van der Waals surface area contributed by atoms with E-state index in [-0.39, 0.29) is 0 Å². The van der Waals surface area contributed by atoms with Crippen LogP contribution in [0.4, 0.5) is 0 Å². The molecule has 2 aromatic rings. The Morgan fingerprint density at radius 3 is 3.06 bits per heavy atom. The number of hydrogen-bond donors (Lipinski definition) is 2. The average Bonchev–Trinajstić information content (AvgIpc) is 2.46. The van der Waals surface area contributed by atoms with Crippen LogP contribution in [0.5, 0.6) is 0 Å². The second kappa shape index (κ2) is 5.04. The van der Waals surface area contributed by atoms with Crippen molar-refractivity contribution in [3.8, 4) is 0 Å². The Labute approximate surface area is 106 Å². The summed E-state index contributed by atoms with van der Waals surface area (Å²) in [6.45, 7) is 2.68. The van der Waals surface area contributed by atoms with E-state index in [1.165, 1.54) is 10.9 Å². The molecule has 1 aromatic heterocycles. The van der Waals surface area contributed by atoms with Crippen LogP contribution < -0.4 is 10.6 Å². The van der Waals surface area contributed by atoms with Crippen molar-refractivity contribution in [3.63, 3.8) is 0 Å². The van der Waals surface area contributed by atoms with Crippen molar-refractivity contribution in [2.45, 2.75) is 13.0 Å². The molecule has 92 valence electrons. The highest BCUT2D eigenvalue weighted by Gasteiger charge is 2.05. The normalized spacial score (nSPS) is 15.0. The first-order valence-electron chi connectivity index (χ1n) is 6.28. The highest BCUT2D eigenvalue weighted by Crippen LogP contribution is 2.15. The van der Waals surface area contributed by atoms with E-state index in [1.807, 2.05) is 24.4 Å². The highest BCUT2D eigenvalue weighted by atomic mass is 15.2. The molecule has 3 rings (SSSR count). The molecule has 4 nitrogen and oxygen atoms in total. The van der Waals surface area contributed by atoms with Gasteiger partial charge in [-0.1, -0.05) is 18.2 Å². The lowest BCUT2D eigenvalue weighted by molar-refractivity contribution is 0.702. The van der Waals surface area contributed by atoms with Gasteiger partial charge in [0.1, 0.15) is 0 Å². The second-order valence-corrected chi connectivity index (χ2v) is 4.35. The topological polar surface area (TPSA) is 49.3 Å². The zero-order chi connectivity index (χ0) is 12.2. The number of fused-ring (bicyclic) bond motifs is 1. The first-order chi connectivity index (χ1) is 8.93. The van der Waals surface area contributed by atoms with Gasteiger partial charge in [0.05, 0.1) is 5.52 Å². The van der Waals surface area contributed by atoms with Crippen LogP contribution in [-0.2, 0) is 6.54 Å². The Kier molecular flexibility index (Phi) is 3.08. The van der Waals surface area contributed by atoms with E-state index in [0.717, 1.165) is 37.5 Å². The third kappa shape index (κ3) is 2.27. The number of aromatic nitrogens is 1. The van der Waals surface area contributed by atoms with Gasteiger partial charge in [0.2, 0.25) is 0 Å². The van der Waals surface area contributed by atoms with E-state index < -0.39 is 0 Å². The van der Waals surface area contributed by atoms with Crippen molar-refractivity contribution in [1.29, 1.82) is 0 Å². The van der Waals surface area contributed by atoms with Gasteiger partial charge in [-0.2, -0.15) is 0 Å². The van der Waals surface area contributed by atoms with Gasteiger partial charge in [-0.25, -0.2) is 0 Å². The first kappa shape index (κ1) is 11.0. The lowest BCUT2D eigenvalue weighted by Gasteiger charge is -2.16. The van der Waals surface area contributed by atoms with Crippen molar-refractivity contribution in [1.82, 2.24) is 15.6 Å². The maximum absolute atomic E-state index is 4.40. The summed E-state index contributed by atoms with van der Waals surface area (Å²) in [6.07, 6.45) is 2.97. The number of rotatable bonds is 2. The molecule has 0 spiro atoms. The SMILES string of the molecule is c1ccc2c(CNC3=NCCCN3)ccnc2c1. The molecule has 18 heavy (non-hydrogen) atoms. The Bertz CT molecular complexity index is 572. The molecule has 0 saturated carbocycles. The highest BCUT2D eigenvalue weighted by molar-refractivity contribution is 5.83. The maximum Gasteiger partial charge on any atom is 0.191 e. The van der Waals surface area contributed by atoms with E-state index >= 15 is 0 Å². The van der Waals surface area contributed by atoms with Gasteiger partial charge in [-0.05, 0) is 24.1 Å². The zero-order valence-corrected chi connectivity index (χ0v) is 10.2. The molecule has 0 amide bonds. The molecule has 2 N–H and O–H groups in total. The molecule has 0 atom stereocenters. The molecule has 0 saturated heterocycles. The van der Waals surface area contributed by atoms with Crippen LogP contribution in [0, 0.1) is 0 Å². The minimum absolute atomic E-state index is 0.773. The fourth-order valence-electron chi connectivity index (χ4n) is 2.14. The summed E-state index contributed by atoms with van der Waals surface area (Å²) in [5.41, 5.74) is 2.28. The number of nitrogens with one attached hydrogen (secondary N) is 2. The third-order valence-electron chi connectivity index (χ3n) is 3.08. The molecular weight excluding hydrogens is 224 g/mol. The molecule has 0 fully saturated rings. The van der Waals surface area contributed by atoms with Crippen molar-refractivity contribution >= 4 is 16.9 Å². The number of hydrogen-bond acceptors (Lipinski definition) is 4. The van der Waals surface area contributed by atoms with E-state index in [4.69, 9.17) is 0 Å². The minimum atomic E-state index is 0.773. The standard InChI is InChI=1S/C14H16N4/c1-2-5-13-12(4-1)11(6-9-15-13)10-18-14-16-7-3-8-17-14/h1-2,4-6,9H,3,7-8,10H2,(H2,16,17,18). The van der Waals surface area contributed by atoms with Crippen LogP contribution >= 0.6 is 0 Å². The van der Waals surface area contributed by atoms with Gasteiger partial charge in [0, 0.05) is 31.2 Å². The van der Waals surface area contributed by atoms with Gasteiger partial charge in [0.25, 0.3) is 0 Å². The van der Waals surface area contributed by atoms with Gasteiger partial charge in [-0.3, -0.25) is 9.98 Å². The van der Waals surface area contributed by atoms with Gasteiger partial charge in [0.15, 0.2) is 5.96 Å². The number of pyridine rings is 1. The molecule has 1 aliphatic heterocycles. The molecule has 1 aromatic carbocycles. The fraction of sp³-hybridized carbons (Fsp3) is 0.286. The molecule has 4 heteroatoms. The van der Waals surface area contributed by atoms with Crippen molar-refractivity contribution in [2.24, 2.45) is 4.99 Å². The number of guanidine groups is 1. The third-order valence-corrected chi connectivity index (χ3v) is 3.08. The predicted octanol–water partition coefficient (Wildman–Crippen LogP) is 1.67. The summed E-state index contributed by atoms with van der Waals surface area (Å²) in [5, 5.41) is 7.80. The van der Waals surface area contributed by atoms with Crippen molar-refractivity contribution in [3.05, 3.63) is 42.1 Å². The quantitative estimate of drug-likeness (QED) is 0.839. The summed E-state index contributed by atoms with van der Waals surface area (Å²) in [5.74, 6) is 0.905. The molecule has 0 radical (unpaired) electrons. The summed E-state index contributed by atoms with van der Waals surface area (Å²) in [6, 6.07) is 10.3. The number of aliphatic imine (C=N–C) groups is 1. The number of benzene rings is 1. The lowest BCUT2D eigenvalue weighted by Crippen LogP contribution is -2.40. The van der Waals surface area contributed by atoms with E-state index in [1.54, 1.807) is 0 Å². The minimum Gasteiger partial charge on any atom is -0.356 e. The van der Waals surface area contributed by atoms with Gasteiger partial charge in [-0.15, -0.1) is 0 Å². The van der Waals surface area contributed by atoms with Crippen LogP contribution in [0.2, 0.25) is 0 Å². The van der Waals surface area contributed by atoms with Crippen LogP contribution in [0.1, 0.15) is 12.0 Å². The summed E-state index contributed by atoms with van der Waals surface area (Å²) in [4.78, 5) is 8.77. The molecule has 2 heterocycles. The number of para-hydroxylation sites is 1. The van der Waals surface area contributed by atoms with Crippen LogP contribution in [-0.4, -0.2) is 24.0 Å². The van der Waals surface area contributed by atoms with Crippen LogP contribution in [0.15, 0.2) is 41.5 Å². The molecule has 0 aliphatic carbocycles. The monoisotopic (exact) mass is 240 g/mol. The first-order valence-corrected chi connectivity index (χ1v) is 6.28.